The van der Waals surface area contributed by atoms with Crippen LogP contribution in [0.5, 0.6) is 5.75 Å². The van der Waals surface area contributed by atoms with Gasteiger partial charge in [-0.15, -0.1) is 0 Å². The van der Waals surface area contributed by atoms with Crippen molar-refractivity contribution < 1.29 is 18.9 Å². The molecule has 0 radical (unpaired) electrons. The number of benzene rings is 1. The molecule has 0 bridgehead atoms. The van der Waals surface area contributed by atoms with Crippen LogP contribution in [0.2, 0.25) is 0 Å². The molecule has 190 valence electrons. The second-order valence-corrected chi connectivity index (χ2v) is 9.71. The maximum atomic E-state index is 12.3. The molecule has 3 aromatic heterocycles. The first-order valence-corrected chi connectivity index (χ1v) is 12.9. The maximum Gasteiger partial charge on any atom is 0.310 e. The SMILES string of the molecule is COCn1c(=O)sc2cc(C(C)c3ccn(-c4ccc(OCCOC5CCCCO5)cn4)n3)ccc21. The van der Waals surface area contributed by atoms with E-state index in [1.165, 1.54) is 11.3 Å². The van der Waals surface area contributed by atoms with Gasteiger partial charge in [0.05, 0.1) is 28.7 Å². The number of thiazole rings is 1. The van der Waals surface area contributed by atoms with E-state index in [1.54, 1.807) is 22.6 Å². The molecule has 1 fully saturated rings. The summed E-state index contributed by atoms with van der Waals surface area (Å²) < 4.78 is 26.5. The molecule has 0 aliphatic carbocycles. The Morgan fingerprint density at radius 1 is 1.19 bits per heavy atom. The smallest absolute Gasteiger partial charge is 0.310 e. The van der Waals surface area contributed by atoms with Crippen molar-refractivity contribution >= 4 is 21.6 Å². The molecular formula is C26H30N4O5S. The van der Waals surface area contributed by atoms with Gasteiger partial charge in [-0.25, -0.2) is 9.67 Å². The highest BCUT2D eigenvalue weighted by atomic mass is 32.1. The quantitative estimate of drug-likeness (QED) is 0.294. The van der Waals surface area contributed by atoms with Crippen molar-refractivity contribution in [1.82, 2.24) is 19.3 Å². The predicted octanol–water partition coefficient (Wildman–Crippen LogP) is 4.32. The van der Waals surface area contributed by atoms with Gasteiger partial charge in [0, 0.05) is 25.8 Å². The van der Waals surface area contributed by atoms with Crippen LogP contribution in [0.3, 0.4) is 0 Å². The molecule has 10 heteroatoms. The summed E-state index contributed by atoms with van der Waals surface area (Å²) in [4.78, 5) is 16.7. The van der Waals surface area contributed by atoms with Gasteiger partial charge in [0.2, 0.25) is 0 Å². The zero-order chi connectivity index (χ0) is 24.9. The van der Waals surface area contributed by atoms with Crippen LogP contribution in [-0.2, 0) is 20.9 Å². The molecule has 4 aromatic rings. The normalized spacial score (nSPS) is 16.9. The van der Waals surface area contributed by atoms with Crippen LogP contribution < -0.4 is 9.61 Å². The van der Waals surface area contributed by atoms with E-state index >= 15 is 0 Å². The minimum Gasteiger partial charge on any atom is -0.490 e. The molecule has 1 saturated heterocycles. The third-order valence-electron chi connectivity index (χ3n) is 6.25. The van der Waals surface area contributed by atoms with E-state index in [-0.39, 0.29) is 23.8 Å². The molecule has 2 unspecified atom stereocenters. The fraction of sp³-hybridized carbons (Fsp3) is 0.423. The van der Waals surface area contributed by atoms with Crippen LogP contribution in [0, 0.1) is 0 Å². The second kappa shape index (κ2) is 11.3. The highest BCUT2D eigenvalue weighted by Gasteiger charge is 2.16. The van der Waals surface area contributed by atoms with Gasteiger partial charge in [0.1, 0.15) is 19.1 Å². The number of fused-ring (bicyclic) bond motifs is 1. The van der Waals surface area contributed by atoms with E-state index in [4.69, 9.17) is 24.0 Å². The van der Waals surface area contributed by atoms with Crippen LogP contribution in [0.1, 0.15) is 43.4 Å². The number of pyridine rings is 1. The number of ether oxygens (including phenoxy) is 4. The van der Waals surface area contributed by atoms with E-state index in [2.05, 4.69) is 18.0 Å². The number of rotatable bonds is 10. The molecule has 0 saturated carbocycles. The third-order valence-corrected chi connectivity index (χ3v) is 7.19. The number of hydrogen-bond donors (Lipinski definition) is 0. The van der Waals surface area contributed by atoms with Gasteiger partial charge in [-0.2, -0.15) is 5.10 Å². The average Bonchev–Trinajstić information content (AvgIpc) is 3.52. The third kappa shape index (κ3) is 5.52. The van der Waals surface area contributed by atoms with Crippen molar-refractivity contribution in [3.05, 3.63) is 69.7 Å². The Labute approximate surface area is 213 Å². The molecule has 36 heavy (non-hydrogen) atoms. The Kier molecular flexibility index (Phi) is 7.76. The zero-order valence-corrected chi connectivity index (χ0v) is 21.3. The van der Waals surface area contributed by atoms with E-state index in [0.29, 0.717) is 24.8 Å². The number of methoxy groups -OCH3 is 1. The van der Waals surface area contributed by atoms with Crippen LogP contribution in [0.25, 0.3) is 16.0 Å². The molecule has 1 aliphatic rings. The number of aromatic nitrogens is 4. The largest absolute Gasteiger partial charge is 0.490 e. The molecule has 0 spiro atoms. The van der Waals surface area contributed by atoms with Crippen molar-refractivity contribution in [3.63, 3.8) is 0 Å². The van der Waals surface area contributed by atoms with E-state index in [1.807, 2.05) is 36.5 Å². The molecule has 0 amide bonds. The summed E-state index contributed by atoms with van der Waals surface area (Å²) in [6.45, 7) is 4.04. The van der Waals surface area contributed by atoms with E-state index in [0.717, 1.165) is 47.3 Å². The fourth-order valence-corrected chi connectivity index (χ4v) is 5.17. The summed E-state index contributed by atoms with van der Waals surface area (Å²) >= 11 is 1.23. The molecule has 1 aromatic carbocycles. The maximum absolute atomic E-state index is 12.3. The Bertz CT molecular complexity index is 1340. The summed E-state index contributed by atoms with van der Waals surface area (Å²) in [6, 6.07) is 11.8. The molecule has 0 N–H and O–H groups in total. The minimum atomic E-state index is -0.109. The first-order valence-electron chi connectivity index (χ1n) is 12.1. The van der Waals surface area contributed by atoms with Crippen molar-refractivity contribution in [2.24, 2.45) is 0 Å². The van der Waals surface area contributed by atoms with Gasteiger partial charge < -0.3 is 18.9 Å². The molecule has 2 atom stereocenters. The van der Waals surface area contributed by atoms with Crippen molar-refractivity contribution in [2.75, 3.05) is 26.9 Å². The lowest BCUT2D eigenvalue weighted by Gasteiger charge is -2.22. The molecule has 5 rings (SSSR count). The van der Waals surface area contributed by atoms with Gasteiger partial charge in [0.25, 0.3) is 0 Å². The first kappa shape index (κ1) is 24.6. The van der Waals surface area contributed by atoms with E-state index < -0.39 is 0 Å². The summed E-state index contributed by atoms with van der Waals surface area (Å²) in [5.41, 5.74) is 2.90. The first-order chi connectivity index (χ1) is 17.6. The molecular weight excluding hydrogens is 480 g/mol. The van der Waals surface area contributed by atoms with E-state index in [9.17, 15) is 4.79 Å². The van der Waals surface area contributed by atoms with Crippen LogP contribution in [0.4, 0.5) is 0 Å². The van der Waals surface area contributed by atoms with Crippen LogP contribution >= 0.6 is 11.3 Å². The van der Waals surface area contributed by atoms with Crippen molar-refractivity contribution in [2.45, 2.75) is 45.1 Å². The topological polar surface area (TPSA) is 89.6 Å². The summed E-state index contributed by atoms with van der Waals surface area (Å²) in [7, 11) is 1.59. The molecule has 9 nitrogen and oxygen atoms in total. The number of nitrogens with zero attached hydrogens (tertiary/aromatic N) is 4. The summed E-state index contributed by atoms with van der Waals surface area (Å²) in [6.07, 6.45) is 6.68. The molecule has 1 aliphatic heterocycles. The lowest BCUT2D eigenvalue weighted by molar-refractivity contribution is -0.165. The Morgan fingerprint density at radius 3 is 2.89 bits per heavy atom. The minimum absolute atomic E-state index is 0.0230. The standard InChI is InChI=1S/C26H30N4O5S/c1-18(19-6-8-22-23(15-19)36-26(31)29(22)17-32-2)21-10-11-30(28-21)24-9-7-20(16-27-24)33-13-14-35-25-5-3-4-12-34-25/h6-11,15-16,18,25H,3-5,12-14,17H2,1-2H3. The van der Waals surface area contributed by atoms with Gasteiger partial charge in [-0.3, -0.25) is 9.36 Å². The average molecular weight is 511 g/mol. The fourth-order valence-electron chi connectivity index (χ4n) is 4.25. The van der Waals surface area contributed by atoms with Crippen molar-refractivity contribution in [3.8, 4) is 11.6 Å². The summed E-state index contributed by atoms with van der Waals surface area (Å²) in [5, 5.41) is 4.74. The monoisotopic (exact) mass is 510 g/mol. The van der Waals surface area contributed by atoms with Crippen molar-refractivity contribution in [1.29, 1.82) is 0 Å². The van der Waals surface area contributed by atoms with Gasteiger partial charge >= 0.3 is 4.87 Å². The Morgan fingerprint density at radius 2 is 2.11 bits per heavy atom. The Balaban J connectivity index is 1.20. The number of hydrogen-bond acceptors (Lipinski definition) is 8. The predicted molar refractivity (Wildman–Crippen MR) is 137 cm³/mol. The lowest BCUT2D eigenvalue weighted by Crippen LogP contribution is -2.24. The Hall–Kier alpha value is -3.05. The van der Waals surface area contributed by atoms with Crippen LogP contribution in [-0.4, -0.2) is 52.6 Å². The van der Waals surface area contributed by atoms with Crippen LogP contribution in [0.15, 0.2) is 53.6 Å². The highest BCUT2D eigenvalue weighted by Crippen LogP contribution is 2.28. The molecule has 4 heterocycles. The van der Waals surface area contributed by atoms with Gasteiger partial charge in [-0.1, -0.05) is 24.3 Å². The van der Waals surface area contributed by atoms with Gasteiger partial charge in [0.15, 0.2) is 12.1 Å². The highest BCUT2D eigenvalue weighted by molar-refractivity contribution is 7.16. The second-order valence-electron chi connectivity index (χ2n) is 8.72. The lowest BCUT2D eigenvalue weighted by atomic mass is 9.98. The summed E-state index contributed by atoms with van der Waals surface area (Å²) in [5.74, 6) is 1.44. The van der Waals surface area contributed by atoms with Gasteiger partial charge in [-0.05, 0) is 55.2 Å². The zero-order valence-electron chi connectivity index (χ0n) is 20.5.